The zero-order valence-electron chi connectivity index (χ0n) is 10.0. The Morgan fingerprint density at radius 1 is 1.35 bits per heavy atom. The molecule has 1 aromatic rings. The molecule has 0 aliphatic rings. The lowest BCUT2D eigenvalue weighted by atomic mass is 10.1. The van der Waals surface area contributed by atoms with Crippen molar-refractivity contribution in [2.24, 2.45) is 0 Å². The maximum Gasteiger partial charge on any atom is 0.129 e. The summed E-state index contributed by atoms with van der Waals surface area (Å²) in [5.41, 5.74) is 0.524. The zero-order valence-corrected chi connectivity index (χ0v) is 10.8. The molecule has 0 saturated carbocycles. The predicted molar refractivity (Wildman–Crippen MR) is 68.8 cm³/mol. The first kappa shape index (κ1) is 14.4. The summed E-state index contributed by atoms with van der Waals surface area (Å²) in [5.74, 6) is -0.271. The first-order chi connectivity index (χ1) is 8.16. The Morgan fingerprint density at radius 3 is 2.76 bits per heavy atom. The topological polar surface area (TPSA) is 32.3 Å². The van der Waals surface area contributed by atoms with Gasteiger partial charge in [-0.15, -0.1) is 0 Å². The Bertz CT molecular complexity index is 326. The van der Waals surface area contributed by atoms with E-state index in [2.05, 4.69) is 5.32 Å². The molecule has 2 nitrogen and oxygen atoms in total. The quantitative estimate of drug-likeness (QED) is 0.737. The lowest BCUT2D eigenvalue weighted by molar-refractivity contribution is 0.282. The maximum atomic E-state index is 13.6. The molecule has 1 atom stereocenters. The van der Waals surface area contributed by atoms with E-state index in [1.54, 1.807) is 12.1 Å². The van der Waals surface area contributed by atoms with Gasteiger partial charge in [-0.2, -0.15) is 0 Å². The summed E-state index contributed by atoms with van der Waals surface area (Å²) in [5, 5.41) is 12.3. The van der Waals surface area contributed by atoms with Crippen LogP contribution in [0.25, 0.3) is 0 Å². The first-order valence-corrected chi connectivity index (χ1v) is 6.32. The third-order valence-electron chi connectivity index (χ3n) is 2.72. The van der Waals surface area contributed by atoms with Gasteiger partial charge in [0.1, 0.15) is 5.82 Å². The van der Waals surface area contributed by atoms with E-state index in [0.717, 1.165) is 25.8 Å². The summed E-state index contributed by atoms with van der Waals surface area (Å²) in [7, 11) is 0. The van der Waals surface area contributed by atoms with Crippen LogP contribution in [-0.4, -0.2) is 18.3 Å². The fourth-order valence-electron chi connectivity index (χ4n) is 1.76. The average molecular weight is 260 g/mol. The van der Waals surface area contributed by atoms with Crippen LogP contribution in [0.3, 0.4) is 0 Å². The molecule has 0 heterocycles. The van der Waals surface area contributed by atoms with Crippen LogP contribution in [0, 0.1) is 5.82 Å². The average Bonchev–Trinajstić information content (AvgIpc) is 2.28. The molecule has 0 aromatic heterocycles. The van der Waals surface area contributed by atoms with Gasteiger partial charge in [-0.25, -0.2) is 4.39 Å². The van der Waals surface area contributed by atoms with Crippen molar-refractivity contribution in [1.29, 1.82) is 0 Å². The number of rotatable bonds is 7. The summed E-state index contributed by atoms with van der Waals surface area (Å²) >= 11 is 5.97. The number of benzene rings is 1. The van der Waals surface area contributed by atoms with E-state index >= 15 is 0 Å². The SMILES string of the molecule is CC(NCCCCCO)c1c(F)cccc1Cl. The number of unbranched alkanes of at least 4 members (excludes halogenated alkanes) is 2. The Hall–Kier alpha value is -0.640. The molecule has 0 aliphatic carbocycles. The van der Waals surface area contributed by atoms with Crippen molar-refractivity contribution in [1.82, 2.24) is 5.32 Å². The van der Waals surface area contributed by atoms with Gasteiger partial charge >= 0.3 is 0 Å². The fraction of sp³-hybridized carbons (Fsp3) is 0.538. The van der Waals surface area contributed by atoms with Crippen LogP contribution in [0.2, 0.25) is 5.02 Å². The highest BCUT2D eigenvalue weighted by atomic mass is 35.5. The van der Waals surface area contributed by atoms with Crippen LogP contribution in [0.4, 0.5) is 4.39 Å². The lowest BCUT2D eigenvalue weighted by Gasteiger charge is -2.16. The molecule has 1 rings (SSSR count). The molecule has 0 amide bonds. The normalized spacial score (nSPS) is 12.7. The van der Waals surface area contributed by atoms with Crippen molar-refractivity contribution in [3.05, 3.63) is 34.6 Å². The molecule has 17 heavy (non-hydrogen) atoms. The van der Waals surface area contributed by atoms with Crippen molar-refractivity contribution < 1.29 is 9.50 Å². The summed E-state index contributed by atoms with van der Waals surface area (Å²) in [6.07, 6.45) is 2.76. The number of hydrogen-bond acceptors (Lipinski definition) is 2. The van der Waals surface area contributed by atoms with Crippen molar-refractivity contribution >= 4 is 11.6 Å². The highest BCUT2D eigenvalue weighted by molar-refractivity contribution is 6.31. The maximum absolute atomic E-state index is 13.6. The van der Waals surface area contributed by atoms with Gasteiger partial charge < -0.3 is 10.4 Å². The van der Waals surface area contributed by atoms with Crippen LogP contribution < -0.4 is 5.32 Å². The van der Waals surface area contributed by atoms with E-state index in [1.807, 2.05) is 6.92 Å². The van der Waals surface area contributed by atoms with Crippen LogP contribution in [0.15, 0.2) is 18.2 Å². The molecule has 4 heteroatoms. The van der Waals surface area contributed by atoms with Gasteiger partial charge in [0, 0.05) is 23.2 Å². The summed E-state index contributed by atoms with van der Waals surface area (Å²) in [6.45, 7) is 2.93. The Balaban J connectivity index is 2.44. The highest BCUT2D eigenvalue weighted by Crippen LogP contribution is 2.25. The monoisotopic (exact) mass is 259 g/mol. The van der Waals surface area contributed by atoms with Crippen molar-refractivity contribution in [3.63, 3.8) is 0 Å². The van der Waals surface area contributed by atoms with Crippen molar-refractivity contribution in [2.45, 2.75) is 32.2 Å². The summed E-state index contributed by atoms with van der Waals surface area (Å²) in [6, 6.07) is 4.63. The Morgan fingerprint density at radius 2 is 2.12 bits per heavy atom. The number of aliphatic hydroxyl groups excluding tert-OH is 1. The lowest BCUT2D eigenvalue weighted by Crippen LogP contribution is -2.21. The van der Waals surface area contributed by atoms with Crippen LogP contribution in [-0.2, 0) is 0 Å². The molecule has 0 bridgehead atoms. The van der Waals surface area contributed by atoms with Gasteiger partial charge in [0.2, 0.25) is 0 Å². The molecule has 0 saturated heterocycles. The molecule has 1 aromatic carbocycles. The van der Waals surface area contributed by atoms with Gasteiger partial charge in [-0.1, -0.05) is 17.7 Å². The van der Waals surface area contributed by atoms with Gasteiger partial charge in [0.15, 0.2) is 0 Å². The molecule has 96 valence electrons. The Labute approximate surface area is 107 Å². The Kier molecular flexibility index (Phi) is 6.48. The third kappa shape index (κ3) is 4.62. The molecular weight excluding hydrogens is 241 g/mol. The summed E-state index contributed by atoms with van der Waals surface area (Å²) < 4.78 is 13.6. The minimum atomic E-state index is -0.271. The van der Waals surface area contributed by atoms with Gasteiger partial charge in [-0.3, -0.25) is 0 Å². The largest absolute Gasteiger partial charge is 0.396 e. The molecule has 0 fully saturated rings. The third-order valence-corrected chi connectivity index (χ3v) is 3.05. The van der Waals surface area contributed by atoms with Crippen LogP contribution in [0.5, 0.6) is 0 Å². The minimum absolute atomic E-state index is 0.0992. The molecular formula is C13H19ClFNO. The smallest absolute Gasteiger partial charge is 0.129 e. The molecule has 0 aliphatic heterocycles. The van der Waals surface area contributed by atoms with Gasteiger partial charge in [0.05, 0.1) is 0 Å². The predicted octanol–water partition coefficient (Wildman–Crippen LogP) is 3.29. The van der Waals surface area contributed by atoms with E-state index in [4.69, 9.17) is 16.7 Å². The summed E-state index contributed by atoms with van der Waals surface area (Å²) in [4.78, 5) is 0. The van der Waals surface area contributed by atoms with E-state index in [-0.39, 0.29) is 18.5 Å². The molecule has 2 N–H and O–H groups in total. The van der Waals surface area contributed by atoms with Crippen LogP contribution in [0.1, 0.15) is 37.8 Å². The van der Waals surface area contributed by atoms with Gasteiger partial charge in [-0.05, 0) is 44.9 Å². The standard InChI is InChI=1S/C13H19ClFNO/c1-10(16-8-3-2-4-9-17)13-11(14)6-5-7-12(13)15/h5-7,10,16-17H,2-4,8-9H2,1H3. The number of hydrogen-bond donors (Lipinski definition) is 2. The number of nitrogens with one attached hydrogen (secondary N) is 1. The van der Waals surface area contributed by atoms with E-state index in [1.165, 1.54) is 6.07 Å². The second kappa shape index (κ2) is 7.64. The molecule has 0 spiro atoms. The second-order valence-electron chi connectivity index (χ2n) is 4.10. The minimum Gasteiger partial charge on any atom is -0.396 e. The molecule has 1 unspecified atom stereocenters. The van der Waals surface area contributed by atoms with E-state index in [9.17, 15) is 4.39 Å². The highest BCUT2D eigenvalue weighted by Gasteiger charge is 2.13. The second-order valence-corrected chi connectivity index (χ2v) is 4.50. The van der Waals surface area contributed by atoms with Crippen molar-refractivity contribution in [3.8, 4) is 0 Å². The fourth-order valence-corrected chi connectivity index (χ4v) is 2.09. The number of aliphatic hydroxyl groups is 1. The van der Waals surface area contributed by atoms with Crippen LogP contribution >= 0.6 is 11.6 Å². The van der Waals surface area contributed by atoms with Gasteiger partial charge in [0.25, 0.3) is 0 Å². The first-order valence-electron chi connectivity index (χ1n) is 5.95. The zero-order chi connectivity index (χ0) is 12.7. The number of halogens is 2. The van der Waals surface area contributed by atoms with Crippen molar-refractivity contribution in [2.75, 3.05) is 13.2 Å². The van der Waals surface area contributed by atoms with E-state index in [0.29, 0.717) is 10.6 Å². The van der Waals surface area contributed by atoms with E-state index < -0.39 is 0 Å². The molecule has 0 radical (unpaired) electrons.